The van der Waals surface area contributed by atoms with Crippen molar-refractivity contribution in [3.63, 3.8) is 0 Å². The van der Waals surface area contributed by atoms with Crippen molar-refractivity contribution >= 4 is 5.91 Å². The highest BCUT2D eigenvalue weighted by Crippen LogP contribution is 2.25. The van der Waals surface area contributed by atoms with Crippen molar-refractivity contribution in [1.29, 1.82) is 0 Å². The van der Waals surface area contributed by atoms with Crippen molar-refractivity contribution in [2.45, 2.75) is 44.7 Å². The van der Waals surface area contributed by atoms with Gasteiger partial charge in [0, 0.05) is 18.2 Å². The van der Waals surface area contributed by atoms with Gasteiger partial charge in [-0.2, -0.15) is 0 Å². The molecular weight excluding hydrogens is 274 g/mol. The molecule has 1 aromatic carbocycles. The minimum absolute atomic E-state index is 0.0496. The first-order valence-corrected chi connectivity index (χ1v) is 8.58. The molecule has 3 rings (SSSR count). The Kier molecular flexibility index (Phi) is 5.11. The van der Waals surface area contributed by atoms with Gasteiger partial charge in [-0.25, -0.2) is 0 Å². The van der Waals surface area contributed by atoms with E-state index in [0.717, 1.165) is 24.9 Å². The van der Waals surface area contributed by atoms with Crippen LogP contribution in [0, 0.1) is 5.92 Å². The molecule has 1 aliphatic heterocycles. The summed E-state index contributed by atoms with van der Waals surface area (Å²) >= 11 is 0. The largest absolute Gasteiger partial charge is 0.349 e. The van der Waals surface area contributed by atoms with Crippen LogP contribution in [0.4, 0.5) is 0 Å². The molecule has 1 aromatic rings. The lowest BCUT2D eigenvalue weighted by atomic mass is 10.0. The lowest BCUT2D eigenvalue weighted by molar-refractivity contribution is 0.0928. The van der Waals surface area contributed by atoms with Crippen molar-refractivity contribution < 1.29 is 4.79 Å². The van der Waals surface area contributed by atoms with Gasteiger partial charge in [-0.15, -0.1) is 0 Å². The standard InChI is InChI=1S/C18H27N3O/c19-12-16-7-4-8-17(16)20-18(22)15-6-3-5-14(11-15)13-21-9-1-2-10-21/h3,5-6,11,16-17H,1-2,4,7-10,12-13,19H2,(H,20,22). The Balaban J connectivity index is 1.62. The van der Waals surface area contributed by atoms with E-state index in [1.807, 2.05) is 18.2 Å². The zero-order valence-corrected chi connectivity index (χ0v) is 13.3. The number of amides is 1. The highest BCUT2D eigenvalue weighted by atomic mass is 16.1. The highest BCUT2D eigenvalue weighted by Gasteiger charge is 2.27. The first kappa shape index (κ1) is 15.5. The van der Waals surface area contributed by atoms with Crippen molar-refractivity contribution in [2.24, 2.45) is 11.7 Å². The van der Waals surface area contributed by atoms with E-state index in [-0.39, 0.29) is 11.9 Å². The summed E-state index contributed by atoms with van der Waals surface area (Å²) in [7, 11) is 0. The number of carbonyl (C=O) groups excluding carboxylic acids is 1. The van der Waals surface area contributed by atoms with Gasteiger partial charge in [0.15, 0.2) is 0 Å². The van der Waals surface area contributed by atoms with Gasteiger partial charge < -0.3 is 11.1 Å². The molecule has 3 N–H and O–H groups in total. The van der Waals surface area contributed by atoms with E-state index in [4.69, 9.17) is 5.73 Å². The summed E-state index contributed by atoms with van der Waals surface area (Å²) in [5.41, 5.74) is 7.81. The van der Waals surface area contributed by atoms with Crippen LogP contribution in [0.25, 0.3) is 0 Å². The molecule has 1 saturated carbocycles. The van der Waals surface area contributed by atoms with Crippen molar-refractivity contribution in [3.05, 3.63) is 35.4 Å². The molecule has 2 fully saturated rings. The van der Waals surface area contributed by atoms with Crippen molar-refractivity contribution in [1.82, 2.24) is 10.2 Å². The smallest absolute Gasteiger partial charge is 0.251 e. The van der Waals surface area contributed by atoms with Crippen LogP contribution in [0.5, 0.6) is 0 Å². The lowest BCUT2D eigenvalue weighted by Gasteiger charge is -2.20. The summed E-state index contributed by atoms with van der Waals surface area (Å²) < 4.78 is 0. The summed E-state index contributed by atoms with van der Waals surface area (Å²) in [4.78, 5) is 14.9. The predicted octanol–water partition coefficient (Wildman–Crippen LogP) is 2.14. The normalized spacial score (nSPS) is 25.5. The molecule has 22 heavy (non-hydrogen) atoms. The molecular formula is C18H27N3O. The van der Waals surface area contributed by atoms with Gasteiger partial charge in [0.1, 0.15) is 0 Å². The maximum atomic E-state index is 12.5. The Hall–Kier alpha value is -1.39. The Morgan fingerprint density at radius 1 is 1.23 bits per heavy atom. The maximum Gasteiger partial charge on any atom is 0.251 e. The summed E-state index contributed by atoms with van der Waals surface area (Å²) in [5.74, 6) is 0.491. The average molecular weight is 301 g/mol. The topological polar surface area (TPSA) is 58.4 Å². The Morgan fingerprint density at radius 2 is 2.05 bits per heavy atom. The number of nitrogens with two attached hydrogens (primary N) is 1. The summed E-state index contributed by atoms with van der Waals surface area (Å²) in [6, 6.07) is 8.32. The number of benzene rings is 1. The van der Waals surface area contributed by atoms with E-state index in [0.29, 0.717) is 12.5 Å². The third-order valence-corrected chi connectivity index (χ3v) is 5.07. The van der Waals surface area contributed by atoms with E-state index in [1.165, 1.54) is 37.9 Å². The second-order valence-corrected chi connectivity index (χ2v) is 6.69. The Labute approximate surface area is 133 Å². The molecule has 0 radical (unpaired) electrons. The second-order valence-electron chi connectivity index (χ2n) is 6.69. The van der Waals surface area contributed by atoms with Gasteiger partial charge in [-0.1, -0.05) is 18.6 Å². The van der Waals surface area contributed by atoms with E-state index in [1.54, 1.807) is 0 Å². The van der Waals surface area contributed by atoms with Gasteiger partial charge in [-0.3, -0.25) is 9.69 Å². The van der Waals surface area contributed by atoms with Gasteiger partial charge >= 0.3 is 0 Å². The minimum atomic E-state index is 0.0496. The first-order valence-electron chi connectivity index (χ1n) is 8.58. The minimum Gasteiger partial charge on any atom is -0.349 e. The van der Waals surface area contributed by atoms with Crippen molar-refractivity contribution in [3.8, 4) is 0 Å². The number of nitrogens with zero attached hydrogens (tertiary/aromatic N) is 1. The van der Waals surface area contributed by atoms with E-state index in [2.05, 4.69) is 16.3 Å². The van der Waals surface area contributed by atoms with E-state index in [9.17, 15) is 4.79 Å². The zero-order chi connectivity index (χ0) is 15.4. The molecule has 1 aliphatic carbocycles. The van der Waals surface area contributed by atoms with Crippen LogP contribution in [0.2, 0.25) is 0 Å². The average Bonchev–Trinajstić information content (AvgIpc) is 3.19. The fraction of sp³-hybridized carbons (Fsp3) is 0.611. The van der Waals surface area contributed by atoms with Crippen LogP contribution in [0.3, 0.4) is 0 Å². The third-order valence-electron chi connectivity index (χ3n) is 5.07. The second kappa shape index (κ2) is 7.25. The fourth-order valence-corrected chi connectivity index (χ4v) is 3.77. The summed E-state index contributed by atoms with van der Waals surface area (Å²) in [6.45, 7) is 3.98. The molecule has 0 spiro atoms. The van der Waals surface area contributed by atoms with Gasteiger partial charge in [-0.05, 0) is 68.9 Å². The van der Waals surface area contributed by atoms with Crippen molar-refractivity contribution in [2.75, 3.05) is 19.6 Å². The zero-order valence-electron chi connectivity index (χ0n) is 13.3. The summed E-state index contributed by atoms with van der Waals surface area (Å²) in [5, 5.41) is 3.18. The highest BCUT2D eigenvalue weighted by molar-refractivity contribution is 5.94. The number of hydrogen-bond acceptors (Lipinski definition) is 3. The molecule has 2 aliphatic rings. The van der Waals surface area contributed by atoms with Crippen LogP contribution < -0.4 is 11.1 Å². The van der Waals surface area contributed by atoms with Crippen LogP contribution >= 0.6 is 0 Å². The molecule has 4 heteroatoms. The molecule has 0 bridgehead atoms. The van der Waals surface area contributed by atoms with Gasteiger partial charge in [0.05, 0.1) is 0 Å². The number of nitrogens with one attached hydrogen (secondary N) is 1. The van der Waals surface area contributed by atoms with E-state index >= 15 is 0 Å². The molecule has 4 nitrogen and oxygen atoms in total. The SMILES string of the molecule is NCC1CCCC1NC(=O)c1cccc(CN2CCCC2)c1. The number of hydrogen-bond donors (Lipinski definition) is 2. The lowest BCUT2D eigenvalue weighted by Crippen LogP contribution is -2.39. The molecule has 1 amide bonds. The van der Waals surface area contributed by atoms with Crippen LogP contribution in [-0.2, 0) is 6.54 Å². The predicted molar refractivity (Wildman–Crippen MR) is 88.6 cm³/mol. The molecule has 1 heterocycles. The maximum absolute atomic E-state index is 12.5. The van der Waals surface area contributed by atoms with E-state index < -0.39 is 0 Å². The van der Waals surface area contributed by atoms with Gasteiger partial charge in [0.25, 0.3) is 5.91 Å². The number of rotatable bonds is 5. The summed E-state index contributed by atoms with van der Waals surface area (Å²) in [6.07, 6.45) is 5.95. The molecule has 120 valence electrons. The molecule has 2 unspecified atom stereocenters. The molecule has 0 aromatic heterocycles. The molecule has 2 atom stereocenters. The number of likely N-dealkylation sites (tertiary alicyclic amines) is 1. The Morgan fingerprint density at radius 3 is 2.82 bits per heavy atom. The molecule has 1 saturated heterocycles. The quantitative estimate of drug-likeness (QED) is 0.876. The van der Waals surface area contributed by atoms with Crippen LogP contribution in [-0.4, -0.2) is 36.5 Å². The third kappa shape index (κ3) is 3.68. The van der Waals surface area contributed by atoms with Gasteiger partial charge in [0.2, 0.25) is 0 Å². The number of carbonyl (C=O) groups is 1. The fourth-order valence-electron chi connectivity index (χ4n) is 3.77. The first-order chi connectivity index (χ1) is 10.8. The monoisotopic (exact) mass is 301 g/mol. The van der Waals surface area contributed by atoms with Crippen LogP contribution in [0.15, 0.2) is 24.3 Å². The van der Waals surface area contributed by atoms with Crippen LogP contribution in [0.1, 0.15) is 48.0 Å². The Bertz CT molecular complexity index is 511.